The molecule has 1 atom stereocenters. The molecule has 0 heterocycles. The Morgan fingerprint density at radius 1 is 1.21 bits per heavy atom. The second-order valence-electron chi connectivity index (χ2n) is 6.25. The van der Waals surface area contributed by atoms with Gasteiger partial charge in [0.25, 0.3) is 0 Å². The van der Waals surface area contributed by atoms with Gasteiger partial charge in [0.15, 0.2) is 0 Å². The van der Waals surface area contributed by atoms with Crippen molar-refractivity contribution in [1.29, 1.82) is 0 Å². The van der Waals surface area contributed by atoms with Gasteiger partial charge in [0.05, 0.1) is 23.6 Å². The van der Waals surface area contributed by atoms with Crippen LogP contribution in [-0.4, -0.2) is 23.4 Å². The molecule has 0 aliphatic carbocycles. The second kappa shape index (κ2) is 10.1. The first-order valence-corrected chi connectivity index (χ1v) is 9.98. The number of thioether (sulfide) groups is 1. The molecule has 2 rings (SSSR count). The van der Waals surface area contributed by atoms with Crippen LogP contribution in [0.2, 0.25) is 5.02 Å². The number of halogens is 4. The molecular weight excluding hydrogens is 413 g/mol. The summed E-state index contributed by atoms with van der Waals surface area (Å²) in [6, 6.07) is 9.84. The molecule has 152 valence electrons. The number of hydrogen-bond acceptors (Lipinski definition) is 3. The Morgan fingerprint density at radius 3 is 2.43 bits per heavy atom. The van der Waals surface area contributed by atoms with Crippen molar-refractivity contribution in [3.63, 3.8) is 0 Å². The van der Waals surface area contributed by atoms with E-state index >= 15 is 0 Å². The van der Waals surface area contributed by atoms with E-state index in [9.17, 15) is 18.0 Å². The molecule has 1 N–H and O–H groups in total. The summed E-state index contributed by atoms with van der Waals surface area (Å²) >= 11 is 7.77. The molecule has 0 saturated heterocycles. The van der Waals surface area contributed by atoms with Gasteiger partial charge in [-0.15, -0.1) is 11.8 Å². The molecule has 8 heteroatoms. The largest absolute Gasteiger partial charge is 0.493 e. The van der Waals surface area contributed by atoms with E-state index in [0.29, 0.717) is 22.9 Å². The first-order chi connectivity index (χ1) is 13.2. The Bertz CT molecular complexity index is 794. The fourth-order valence-corrected chi connectivity index (χ4v) is 3.87. The molecule has 0 radical (unpaired) electrons. The first-order valence-electron chi connectivity index (χ1n) is 8.62. The molecule has 0 aliphatic rings. The van der Waals surface area contributed by atoms with Crippen molar-refractivity contribution in [2.24, 2.45) is 5.92 Å². The minimum atomic E-state index is -4.36. The number of ether oxygens (including phenoxy) is 1. The van der Waals surface area contributed by atoms with Crippen LogP contribution in [0.4, 0.5) is 13.2 Å². The average molecular weight is 433 g/mol. The summed E-state index contributed by atoms with van der Waals surface area (Å²) in [6.45, 7) is 2.39. The Morgan fingerprint density at radius 2 is 1.89 bits per heavy atom. The fraction of sp³-hybridized carbons (Fsp3) is 0.350. The summed E-state index contributed by atoms with van der Waals surface area (Å²) in [7, 11) is 0. The van der Waals surface area contributed by atoms with Gasteiger partial charge < -0.3 is 9.84 Å². The van der Waals surface area contributed by atoms with Crippen molar-refractivity contribution in [2.75, 3.05) is 12.4 Å². The van der Waals surface area contributed by atoms with Gasteiger partial charge in [-0.25, -0.2) is 0 Å². The van der Waals surface area contributed by atoms with E-state index in [4.69, 9.17) is 21.4 Å². The third kappa shape index (κ3) is 6.95. The van der Waals surface area contributed by atoms with Crippen molar-refractivity contribution in [2.45, 2.75) is 30.8 Å². The molecule has 0 aliphatic heterocycles. The number of aliphatic carboxylic acids is 1. The topological polar surface area (TPSA) is 46.5 Å². The predicted octanol–water partition coefficient (Wildman–Crippen LogP) is 6.18. The van der Waals surface area contributed by atoms with Gasteiger partial charge in [-0.3, -0.25) is 4.79 Å². The van der Waals surface area contributed by atoms with Crippen LogP contribution in [0.15, 0.2) is 47.4 Å². The Labute approximate surface area is 170 Å². The Balaban J connectivity index is 1.88. The van der Waals surface area contributed by atoms with Crippen LogP contribution in [-0.2, 0) is 17.4 Å². The lowest BCUT2D eigenvalue weighted by atomic mass is 10.1. The van der Waals surface area contributed by atoms with Crippen molar-refractivity contribution < 1.29 is 27.8 Å². The van der Waals surface area contributed by atoms with E-state index < -0.39 is 17.7 Å². The van der Waals surface area contributed by atoms with Gasteiger partial charge in [-0.1, -0.05) is 24.6 Å². The average Bonchev–Trinajstić information content (AvgIpc) is 2.62. The zero-order chi connectivity index (χ0) is 20.7. The molecular formula is C20H20ClF3O3S. The van der Waals surface area contributed by atoms with Gasteiger partial charge in [0.1, 0.15) is 5.75 Å². The van der Waals surface area contributed by atoms with Gasteiger partial charge in [0.2, 0.25) is 0 Å². The third-order valence-electron chi connectivity index (χ3n) is 4.07. The Hall–Kier alpha value is -1.86. The van der Waals surface area contributed by atoms with Crippen LogP contribution in [0.3, 0.4) is 0 Å². The van der Waals surface area contributed by atoms with Gasteiger partial charge in [-0.05, 0) is 48.4 Å². The summed E-state index contributed by atoms with van der Waals surface area (Å²) in [5, 5.41) is 9.33. The monoisotopic (exact) mass is 432 g/mol. The van der Waals surface area contributed by atoms with Crippen LogP contribution in [0, 0.1) is 5.92 Å². The van der Waals surface area contributed by atoms with Crippen LogP contribution in [0.1, 0.15) is 24.5 Å². The minimum absolute atomic E-state index is 0.0801. The maximum absolute atomic E-state index is 12.6. The molecule has 0 saturated carbocycles. The van der Waals surface area contributed by atoms with Crippen LogP contribution in [0.25, 0.3) is 0 Å². The molecule has 2 aromatic rings. The summed E-state index contributed by atoms with van der Waals surface area (Å²) < 4.78 is 43.4. The van der Waals surface area contributed by atoms with E-state index in [0.717, 1.165) is 29.2 Å². The molecule has 2 aromatic carbocycles. The Kier molecular flexibility index (Phi) is 8.07. The van der Waals surface area contributed by atoms with Crippen molar-refractivity contribution in [1.82, 2.24) is 0 Å². The molecule has 0 fully saturated rings. The molecule has 3 nitrogen and oxygen atoms in total. The van der Waals surface area contributed by atoms with E-state index in [-0.39, 0.29) is 12.3 Å². The maximum Gasteiger partial charge on any atom is 0.416 e. The summed E-state index contributed by atoms with van der Waals surface area (Å²) in [5.41, 5.74) is -0.0667. The van der Waals surface area contributed by atoms with Crippen LogP contribution < -0.4 is 4.74 Å². The normalized spacial score (nSPS) is 12.6. The number of carbonyl (C=O) groups is 1. The molecule has 0 aromatic heterocycles. The smallest absolute Gasteiger partial charge is 0.416 e. The molecule has 0 bridgehead atoms. The zero-order valence-electron chi connectivity index (χ0n) is 15.1. The zero-order valence-corrected chi connectivity index (χ0v) is 16.7. The standard InChI is InChI=1S/C20H20ClF3O3S/c1-2-13(11-27-16-6-4-15(5-7-16)20(22,23)24)12-28-18-8-3-14(9-17(18)21)10-19(25)26/h3-9,13H,2,10-12H2,1H3,(H,25,26). The number of hydrogen-bond donors (Lipinski definition) is 1. The van der Waals surface area contributed by atoms with E-state index in [1.54, 1.807) is 30.0 Å². The van der Waals surface area contributed by atoms with Crippen molar-refractivity contribution in [3.05, 3.63) is 58.6 Å². The number of benzene rings is 2. The van der Waals surface area contributed by atoms with E-state index in [2.05, 4.69) is 0 Å². The predicted molar refractivity (Wildman–Crippen MR) is 104 cm³/mol. The lowest BCUT2D eigenvalue weighted by Gasteiger charge is -2.16. The quantitative estimate of drug-likeness (QED) is 0.480. The highest BCUT2D eigenvalue weighted by molar-refractivity contribution is 7.99. The highest BCUT2D eigenvalue weighted by atomic mass is 35.5. The fourth-order valence-electron chi connectivity index (χ4n) is 2.39. The lowest BCUT2D eigenvalue weighted by molar-refractivity contribution is -0.138. The molecule has 0 spiro atoms. The molecule has 0 amide bonds. The summed E-state index contributed by atoms with van der Waals surface area (Å²) in [4.78, 5) is 11.6. The molecule has 28 heavy (non-hydrogen) atoms. The van der Waals surface area contributed by atoms with Crippen molar-refractivity contribution in [3.8, 4) is 5.75 Å². The van der Waals surface area contributed by atoms with Gasteiger partial charge in [0, 0.05) is 16.6 Å². The first kappa shape index (κ1) is 22.4. The lowest BCUT2D eigenvalue weighted by Crippen LogP contribution is -2.14. The minimum Gasteiger partial charge on any atom is -0.493 e. The number of alkyl halides is 3. The van der Waals surface area contributed by atoms with Gasteiger partial charge in [-0.2, -0.15) is 13.2 Å². The number of carboxylic acid groups (broad SMARTS) is 1. The van der Waals surface area contributed by atoms with Gasteiger partial charge >= 0.3 is 12.1 Å². The van der Waals surface area contributed by atoms with E-state index in [1.165, 1.54) is 12.1 Å². The summed E-state index contributed by atoms with van der Waals surface area (Å²) in [6.07, 6.45) is -3.61. The van der Waals surface area contributed by atoms with Crippen LogP contribution >= 0.6 is 23.4 Å². The van der Waals surface area contributed by atoms with Crippen molar-refractivity contribution >= 4 is 29.3 Å². The number of rotatable bonds is 9. The second-order valence-corrected chi connectivity index (χ2v) is 7.72. The third-order valence-corrected chi connectivity index (χ3v) is 5.80. The summed E-state index contributed by atoms with van der Waals surface area (Å²) in [5.74, 6) is 0.382. The SMILES string of the molecule is CCC(COc1ccc(C(F)(F)F)cc1)CSc1ccc(CC(=O)O)cc1Cl. The molecule has 1 unspecified atom stereocenters. The highest BCUT2D eigenvalue weighted by Gasteiger charge is 2.30. The highest BCUT2D eigenvalue weighted by Crippen LogP contribution is 2.32. The maximum atomic E-state index is 12.6. The number of carboxylic acids is 1. The van der Waals surface area contributed by atoms with Crippen LogP contribution in [0.5, 0.6) is 5.75 Å². The van der Waals surface area contributed by atoms with E-state index in [1.807, 2.05) is 6.92 Å².